The van der Waals surface area contributed by atoms with Gasteiger partial charge < -0.3 is 0 Å². The zero-order chi connectivity index (χ0) is 17.8. The van der Waals surface area contributed by atoms with Crippen molar-refractivity contribution in [2.24, 2.45) is 0 Å². The van der Waals surface area contributed by atoms with Gasteiger partial charge in [-0.3, -0.25) is 14.8 Å². The molecule has 1 saturated heterocycles. The van der Waals surface area contributed by atoms with Crippen LogP contribution in [0, 0.1) is 6.92 Å². The highest BCUT2D eigenvalue weighted by Crippen LogP contribution is 2.35. The molecular weight excluding hydrogens is 318 g/mol. The first-order valence-corrected chi connectivity index (χ1v) is 10.2. The Morgan fingerprint density at radius 1 is 0.962 bits per heavy atom. The number of pyridine rings is 1. The fourth-order valence-corrected chi connectivity index (χ4v) is 4.73. The van der Waals surface area contributed by atoms with Crippen LogP contribution in [0.25, 0.3) is 0 Å². The first-order valence-electron chi connectivity index (χ1n) is 10.2. The van der Waals surface area contributed by atoms with Crippen molar-refractivity contribution in [2.75, 3.05) is 26.2 Å². The normalized spacial score (nSPS) is 25.3. The molecule has 138 valence electrons. The Kier molecular flexibility index (Phi) is 5.66. The minimum atomic E-state index is 0.776. The van der Waals surface area contributed by atoms with Gasteiger partial charge in [-0.05, 0) is 55.7 Å². The second kappa shape index (κ2) is 8.32. The molecule has 2 aromatic rings. The second-order valence-electron chi connectivity index (χ2n) is 8.09. The maximum absolute atomic E-state index is 4.24. The van der Waals surface area contributed by atoms with E-state index in [1.165, 1.54) is 63.0 Å². The van der Waals surface area contributed by atoms with Gasteiger partial charge in [0, 0.05) is 51.2 Å². The Balaban J connectivity index is 1.24. The molecule has 1 saturated carbocycles. The molecule has 0 radical (unpaired) electrons. The average molecular weight is 350 g/mol. The van der Waals surface area contributed by atoms with E-state index in [9.17, 15) is 0 Å². The molecule has 0 spiro atoms. The molecule has 0 N–H and O–H groups in total. The molecule has 0 atom stereocenters. The lowest BCUT2D eigenvalue weighted by atomic mass is 9.81. The van der Waals surface area contributed by atoms with Crippen LogP contribution < -0.4 is 0 Å². The molecule has 2 aliphatic rings. The molecule has 2 fully saturated rings. The molecule has 2 heterocycles. The van der Waals surface area contributed by atoms with E-state index in [-0.39, 0.29) is 0 Å². The Morgan fingerprint density at radius 2 is 1.77 bits per heavy atom. The average Bonchev–Trinajstić information content (AvgIpc) is 2.70. The van der Waals surface area contributed by atoms with Crippen LogP contribution in [0.1, 0.15) is 48.3 Å². The quantitative estimate of drug-likeness (QED) is 0.823. The third-order valence-electron chi connectivity index (χ3n) is 6.26. The Hall–Kier alpha value is -1.71. The van der Waals surface area contributed by atoms with Crippen molar-refractivity contribution < 1.29 is 0 Å². The SMILES string of the molecule is Cc1cccc(C2CCC(N3CCN(Cc4cccnc4)CC3)CC2)c1. The van der Waals surface area contributed by atoms with Gasteiger partial charge in [-0.2, -0.15) is 0 Å². The molecule has 0 bridgehead atoms. The van der Waals surface area contributed by atoms with Crippen LogP contribution >= 0.6 is 0 Å². The van der Waals surface area contributed by atoms with Crippen molar-refractivity contribution in [1.82, 2.24) is 14.8 Å². The summed E-state index contributed by atoms with van der Waals surface area (Å²) < 4.78 is 0. The summed E-state index contributed by atoms with van der Waals surface area (Å²) in [5, 5.41) is 0. The van der Waals surface area contributed by atoms with Crippen molar-refractivity contribution in [3.8, 4) is 0 Å². The molecule has 26 heavy (non-hydrogen) atoms. The molecule has 3 heteroatoms. The summed E-state index contributed by atoms with van der Waals surface area (Å²) in [6.45, 7) is 8.07. The van der Waals surface area contributed by atoms with Gasteiger partial charge in [0.05, 0.1) is 0 Å². The van der Waals surface area contributed by atoms with Gasteiger partial charge in [-0.15, -0.1) is 0 Å². The van der Waals surface area contributed by atoms with Gasteiger partial charge in [0.2, 0.25) is 0 Å². The molecule has 1 aliphatic carbocycles. The molecule has 1 aromatic heterocycles. The summed E-state index contributed by atoms with van der Waals surface area (Å²) in [6, 6.07) is 14.2. The molecule has 3 nitrogen and oxygen atoms in total. The van der Waals surface area contributed by atoms with Crippen molar-refractivity contribution >= 4 is 0 Å². The van der Waals surface area contributed by atoms with Crippen molar-refractivity contribution in [2.45, 2.75) is 51.1 Å². The van der Waals surface area contributed by atoms with Gasteiger partial charge in [-0.1, -0.05) is 35.9 Å². The lowest BCUT2D eigenvalue weighted by Crippen LogP contribution is -2.50. The maximum Gasteiger partial charge on any atom is 0.0312 e. The van der Waals surface area contributed by atoms with Crippen molar-refractivity contribution in [1.29, 1.82) is 0 Å². The standard InChI is InChI=1S/C23H31N3/c1-19-4-2-6-22(16-19)21-7-9-23(10-8-21)26-14-12-25(13-15-26)18-20-5-3-11-24-17-20/h2-6,11,16-17,21,23H,7-10,12-15,18H2,1H3. The molecule has 0 amide bonds. The highest BCUT2D eigenvalue weighted by Gasteiger charge is 2.28. The first-order chi connectivity index (χ1) is 12.8. The third kappa shape index (κ3) is 4.33. The van der Waals surface area contributed by atoms with E-state index in [1.54, 1.807) is 5.56 Å². The van der Waals surface area contributed by atoms with Crippen molar-refractivity contribution in [3.63, 3.8) is 0 Å². The molecule has 0 unspecified atom stereocenters. The first kappa shape index (κ1) is 17.7. The van der Waals surface area contributed by atoms with E-state index >= 15 is 0 Å². The number of aromatic nitrogens is 1. The second-order valence-corrected chi connectivity index (χ2v) is 8.09. The van der Waals surface area contributed by atoms with E-state index < -0.39 is 0 Å². The van der Waals surface area contributed by atoms with Gasteiger partial charge in [-0.25, -0.2) is 0 Å². The van der Waals surface area contributed by atoms with Crippen LogP contribution in [-0.2, 0) is 6.54 Å². The van der Waals surface area contributed by atoms with Crippen molar-refractivity contribution in [3.05, 3.63) is 65.5 Å². The van der Waals surface area contributed by atoms with Gasteiger partial charge in [0.25, 0.3) is 0 Å². The number of aryl methyl sites for hydroxylation is 1. The summed E-state index contributed by atoms with van der Waals surface area (Å²) in [7, 11) is 0. The molecule has 1 aliphatic heterocycles. The topological polar surface area (TPSA) is 19.4 Å². The minimum Gasteiger partial charge on any atom is -0.298 e. The molecule has 4 rings (SSSR count). The Bertz CT molecular complexity index is 684. The van der Waals surface area contributed by atoms with Crippen LogP contribution in [0.2, 0.25) is 0 Å². The van der Waals surface area contributed by atoms with E-state index in [1.807, 2.05) is 18.5 Å². The molecular formula is C23H31N3. The van der Waals surface area contributed by atoms with Gasteiger partial charge >= 0.3 is 0 Å². The Morgan fingerprint density at radius 3 is 2.46 bits per heavy atom. The fraction of sp³-hybridized carbons (Fsp3) is 0.522. The van der Waals surface area contributed by atoms with Gasteiger partial charge in [0.15, 0.2) is 0 Å². The van der Waals surface area contributed by atoms with Crippen LogP contribution in [-0.4, -0.2) is 47.0 Å². The number of benzene rings is 1. The fourth-order valence-electron chi connectivity index (χ4n) is 4.73. The monoisotopic (exact) mass is 349 g/mol. The number of hydrogen-bond donors (Lipinski definition) is 0. The largest absolute Gasteiger partial charge is 0.298 e. The lowest BCUT2D eigenvalue weighted by Gasteiger charge is -2.42. The van der Waals surface area contributed by atoms with Gasteiger partial charge in [0.1, 0.15) is 0 Å². The highest BCUT2D eigenvalue weighted by molar-refractivity contribution is 5.26. The number of rotatable bonds is 4. The smallest absolute Gasteiger partial charge is 0.0312 e. The predicted molar refractivity (Wildman–Crippen MR) is 107 cm³/mol. The van der Waals surface area contributed by atoms with Crippen LogP contribution in [0.5, 0.6) is 0 Å². The predicted octanol–water partition coefficient (Wildman–Crippen LogP) is 4.23. The third-order valence-corrected chi connectivity index (χ3v) is 6.26. The summed E-state index contributed by atoms with van der Waals surface area (Å²) >= 11 is 0. The van der Waals surface area contributed by atoms with E-state index in [0.29, 0.717) is 0 Å². The van der Waals surface area contributed by atoms with E-state index in [2.05, 4.69) is 52.0 Å². The zero-order valence-corrected chi connectivity index (χ0v) is 16.0. The zero-order valence-electron chi connectivity index (χ0n) is 16.0. The van der Waals surface area contributed by atoms with E-state index in [0.717, 1.165) is 18.5 Å². The summed E-state index contributed by atoms with van der Waals surface area (Å²) in [4.78, 5) is 9.57. The number of hydrogen-bond acceptors (Lipinski definition) is 3. The van der Waals surface area contributed by atoms with Crippen LogP contribution in [0.4, 0.5) is 0 Å². The summed E-state index contributed by atoms with van der Waals surface area (Å²) in [5.74, 6) is 0.776. The van der Waals surface area contributed by atoms with Crippen LogP contribution in [0.3, 0.4) is 0 Å². The molecule has 1 aromatic carbocycles. The maximum atomic E-state index is 4.24. The summed E-state index contributed by atoms with van der Waals surface area (Å²) in [5.41, 5.74) is 4.29. The Labute approximate surface area is 158 Å². The number of piperazine rings is 1. The number of nitrogens with zero attached hydrogens (tertiary/aromatic N) is 3. The lowest BCUT2D eigenvalue weighted by molar-refractivity contribution is 0.0726. The minimum absolute atomic E-state index is 0.776. The van der Waals surface area contributed by atoms with Crippen LogP contribution in [0.15, 0.2) is 48.8 Å². The van der Waals surface area contributed by atoms with E-state index in [4.69, 9.17) is 0 Å². The highest BCUT2D eigenvalue weighted by atomic mass is 15.3. The summed E-state index contributed by atoms with van der Waals surface area (Å²) in [6.07, 6.45) is 9.28.